The van der Waals surface area contributed by atoms with Crippen LogP contribution in [0, 0.1) is 0 Å². The second-order valence-electron chi connectivity index (χ2n) is 5.33. The lowest BCUT2D eigenvalue weighted by Gasteiger charge is -2.08. The molecular weight excluding hydrogens is 344 g/mol. The van der Waals surface area contributed by atoms with E-state index in [1.807, 2.05) is 12.1 Å². The molecule has 0 radical (unpaired) electrons. The summed E-state index contributed by atoms with van der Waals surface area (Å²) in [6.07, 6.45) is 0.111. The first-order chi connectivity index (χ1) is 12.7. The van der Waals surface area contributed by atoms with Gasteiger partial charge < -0.3 is 14.6 Å². The maximum Gasteiger partial charge on any atom is 0.166 e. The number of carboxylic acids is 1. The summed E-state index contributed by atoms with van der Waals surface area (Å²) in [4.78, 5) is 13.2. The van der Waals surface area contributed by atoms with Crippen molar-refractivity contribution < 1.29 is 14.6 Å². The average molecular weight is 366 g/mol. The van der Waals surface area contributed by atoms with Crippen LogP contribution in [0.5, 0.6) is 5.75 Å². The fraction of sp³-hybridized carbons (Fsp3) is 0.136. The van der Waals surface area contributed by atoms with Crippen LogP contribution in [0.1, 0.15) is 13.3 Å². The summed E-state index contributed by atoms with van der Waals surface area (Å²) >= 11 is 0. The Labute approximate surface area is 157 Å². The van der Waals surface area contributed by atoms with Gasteiger partial charge in [0.2, 0.25) is 0 Å². The van der Waals surface area contributed by atoms with Crippen LogP contribution in [0.4, 0.5) is 0 Å². The van der Waals surface area contributed by atoms with Crippen LogP contribution in [-0.2, 0) is 15.7 Å². The third-order valence-corrected chi connectivity index (χ3v) is 5.77. The van der Waals surface area contributed by atoms with Crippen LogP contribution in [0.15, 0.2) is 99.6 Å². The summed E-state index contributed by atoms with van der Waals surface area (Å²) in [6, 6.07) is 29.7. The van der Waals surface area contributed by atoms with Gasteiger partial charge in [-0.25, -0.2) is 0 Å². The van der Waals surface area contributed by atoms with Gasteiger partial charge in [0.1, 0.15) is 5.75 Å². The number of benzene rings is 3. The second kappa shape index (κ2) is 10.3. The van der Waals surface area contributed by atoms with Crippen molar-refractivity contribution >= 4 is 16.9 Å². The summed E-state index contributed by atoms with van der Waals surface area (Å²) in [6.45, 7) is 1.54. The van der Waals surface area contributed by atoms with Gasteiger partial charge in [-0.05, 0) is 55.0 Å². The Hall–Kier alpha value is -2.72. The van der Waals surface area contributed by atoms with Crippen molar-refractivity contribution in [3.63, 3.8) is 0 Å². The first kappa shape index (κ1) is 19.6. The molecule has 0 aliphatic rings. The highest BCUT2D eigenvalue weighted by Gasteiger charge is 2.27. The highest BCUT2D eigenvalue weighted by Crippen LogP contribution is 2.31. The summed E-state index contributed by atoms with van der Waals surface area (Å²) in [5.41, 5.74) is 0. The Morgan fingerprint density at radius 3 is 1.54 bits per heavy atom. The molecule has 4 heteroatoms. The minimum atomic E-state index is -0.995. The van der Waals surface area contributed by atoms with Crippen molar-refractivity contribution in [2.75, 3.05) is 7.11 Å². The van der Waals surface area contributed by atoms with Crippen LogP contribution in [0.3, 0.4) is 0 Å². The highest BCUT2D eigenvalue weighted by molar-refractivity contribution is 7.97. The molecule has 26 heavy (non-hydrogen) atoms. The highest BCUT2D eigenvalue weighted by atomic mass is 32.2. The Morgan fingerprint density at radius 1 is 0.808 bits per heavy atom. The third kappa shape index (κ3) is 5.67. The molecule has 3 aromatic carbocycles. The molecule has 0 bridgehead atoms. The van der Waals surface area contributed by atoms with E-state index in [1.54, 1.807) is 7.11 Å². The molecule has 0 fully saturated rings. The van der Waals surface area contributed by atoms with Gasteiger partial charge in [0, 0.05) is 5.97 Å². The van der Waals surface area contributed by atoms with E-state index >= 15 is 0 Å². The van der Waals surface area contributed by atoms with Crippen molar-refractivity contribution in [3.05, 3.63) is 84.9 Å². The van der Waals surface area contributed by atoms with Crippen LogP contribution in [0.25, 0.3) is 0 Å². The predicted octanol–water partition coefficient (Wildman–Crippen LogP) is 3.94. The van der Waals surface area contributed by atoms with E-state index in [2.05, 4.69) is 72.8 Å². The Morgan fingerprint density at radius 2 is 1.19 bits per heavy atom. The summed E-state index contributed by atoms with van der Waals surface area (Å²) in [5.74, 6) is -0.103. The number of rotatable bonds is 5. The van der Waals surface area contributed by atoms with E-state index < -0.39 is 5.97 Å². The zero-order chi connectivity index (χ0) is 18.8. The number of aliphatic carboxylic acids is 1. The topological polar surface area (TPSA) is 49.4 Å². The van der Waals surface area contributed by atoms with Crippen molar-refractivity contribution in [2.45, 2.75) is 28.0 Å². The second-order valence-corrected chi connectivity index (χ2v) is 7.36. The number of ether oxygens (including phenoxy) is 1. The van der Waals surface area contributed by atoms with Crippen molar-refractivity contribution in [1.29, 1.82) is 0 Å². The van der Waals surface area contributed by atoms with Gasteiger partial charge in [0.05, 0.1) is 18.0 Å². The van der Waals surface area contributed by atoms with Crippen molar-refractivity contribution in [3.8, 4) is 5.75 Å². The average Bonchev–Trinajstić information content (AvgIpc) is 2.71. The fourth-order valence-corrected chi connectivity index (χ4v) is 4.32. The standard InChI is InChI=1S/C19H17OS.C3H6O2/c1-20-16-12-14-19(15-13-16)21(17-8-4-2-5-9-17)18-10-6-3-7-11-18;1-2-3(4)5/h2-15H,1H3;2H2,1H3,(H,4,5)/q+1;/p-1. The number of hydrogen-bond donors (Lipinski definition) is 0. The predicted molar refractivity (Wildman–Crippen MR) is 103 cm³/mol. The largest absolute Gasteiger partial charge is 0.550 e. The van der Waals surface area contributed by atoms with Crippen LogP contribution in [0.2, 0.25) is 0 Å². The molecule has 0 heterocycles. The minimum absolute atomic E-state index is 0.0804. The molecule has 0 aliphatic heterocycles. The van der Waals surface area contributed by atoms with Crippen molar-refractivity contribution in [2.24, 2.45) is 0 Å². The smallest absolute Gasteiger partial charge is 0.166 e. The Balaban J connectivity index is 0.000000431. The normalized spacial score (nSPS) is 9.96. The monoisotopic (exact) mass is 366 g/mol. The first-order valence-corrected chi connectivity index (χ1v) is 9.56. The molecule has 0 N–H and O–H groups in total. The molecule has 0 amide bonds. The van der Waals surface area contributed by atoms with E-state index in [4.69, 9.17) is 4.74 Å². The van der Waals surface area contributed by atoms with Gasteiger partial charge in [-0.15, -0.1) is 0 Å². The SMILES string of the molecule is CCC(=O)[O-].COc1ccc([S+](c2ccccc2)c2ccccc2)cc1. The maximum absolute atomic E-state index is 9.26. The molecule has 0 atom stereocenters. The molecule has 0 saturated heterocycles. The number of carboxylic acid groups (broad SMARTS) is 1. The van der Waals surface area contributed by atoms with Crippen LogP contribution >= 0.6 is 0 Å². The molecular formula is C22H22O3S. The van der Waals surface area contributed by atoms with Gasteiger partial charge in [0.15, 0.2) is 14.7 Å². The van der Waals surface area contributed by atoms with E-state index in [0.717, 1.165) is 5.75 Å². The molecule has 0 spiro atoms. The molecule has 3 rings (SSSR count). The Kier molecular flexibility index (Phi) is 7.77. The molecule has 0 aliphatic carbocycles. The number of hydrogen-bond acceptors (Lipinski definition) is 3. The van der Waals surface area contributed by atoms with E-state index in [1.165, 1.54) is 21.6 Å². The zero-order valence-corrected chi connectivity index (χ0v) is 15.7. The minimum Gasteiger partial charge on any atom is -0.550 e. The molecule has 0 unspecified atom stereocenters. The summed E-state index contributed by atoms with van der Waals surface area (Å²) in [7, 11) is 1.62. The zero-order valence-electron chi connectivity index (χ0n) is 14.9. The van der Waals surface area contributed by atoms with Crippen LogP contribution in [-0.4, -0.2) is 13.1 Å². The van der Waals surface area contributed by atoms with E-state index in [-0.39, 0.29) is 17.3 Å². The van der Waals surface area contributed by atoms with Gasteiger partial charge in [-0.2, -0.15) is 0 Å². The maximum atomic E-state index is 9.26. The molecule has 3 nitrogen and oxygen atoms in total. The summed E-state index contributed by atoms with van der Waals surface area (Å²) in [5, 5.41) is 9.26. The first-order valence-electron chi connectivity index (χ1n) is 8.34. The van der Waals surface area contributed by atoms with Gasteiger partial charge in [-0.1, -0.05) is 43.3 Å². The number of carbonyl (C=O) groups excluding carboxylic acids is 1. The molecule has 0 aromatic heterocycles. The van der Waals surface area contributed by atoms with E-state index in [9.17, 15) is 9.90 Å². The van der Waals surface area contributed by atoms with Crippen molar-refractivity contribution in [1.82, 2.24) is 0 Å². The lowest BCUT2D eigenvalue weighted by atomic mass is 10.3. The van der Waals surface area contributed by atoms with Crippen LogP contribution < -0.4 is 9.84 Å². The molecule has 3 aromatic rings. The molecule has 0 saturated carbocycles. The lowest BCUT2D eigenvalue weighted by molar-refractivity contribution is -0.305. The van der Waals surface area contributed by atoms with Gasteiger partial charge in [0.25, 0.3) is 0 Å². The quantitative estimate of drug-likeness (QED) is 0.643. The van der Waals surface area contributed by atoms with E-state index in [0.29, 0.717) is 0 Å². The number of methoxy groups -OCH3 is 1. The van der Waals surface area contributed by atoms with Gasteiger partial charge >= 0.3 is 0 Å². The lowest BCUT2D eigenvalue weighted by Crippen LogP contribution is -2.19. The number of carbonyl (C=O) groups is 1. The summed E-state index contributed by atoms with van der Waals surface area (Å²) < 4.78 is 5.26. The molecule has 134 valence electrons. The fourth-order valence-electron chi connectivity index (χ4n) is 2.23. The Bertz CT molecular complexity index is 747. The van der Waals surface area contributed by atoms with Gasteiger partial charge in [-0.3, -0.25) is 0 Å². The third-order valence-electron chi connectivity index (χ3n) is 3.54.